The predicted octanol–water partition coefficient (Wildman–Crippen LogP) is 4.44. The molecule has 0 aliphatic heterocycles. The summed E-state index contributed by atoms with van der Waals surface area (Å²) < 4.78 is 0. The predicted molar refractivity (Wildman–Crippen MR) is 84.2 cm³/mol. The second kappa shape index (κ2) is 4.22. The molecule has 0 aromatic heterocycles. The lowest BCUT2D eigenvalue weighted by molar-refractivity contribution is 0.154. The van der Waals surface area contributed by atoms with Crippen LogP contribution in [0.3, 0.4) is 0 Å². The van der Waals surface area contributed by atoms with Gasteiger partial charge in [-0.25, -0.2) is 0 Å². The Bertz CT molecular complexity index is 449. The molecule has 0 bridgehead atoms. The molecular formula is C19H29N. The second-order valence-electron chi connectivity index (χ2n) is 8.14. The SMILES string of the molecule is C=CCC1CC12CCCCC21CC1C(=C)C(N)C1CC1. The summed E-state index contributed by atoms with van der Waals surface area (Å²) >= 11 is 0. The highest BCUT2D eigenvalue weighted by Gasteiger charge is 2.75. The van der Waals surface area contributed by atoms with Crippen LogP contribution in [0.2, 0.25) is 0 Å². The summed E-state index contributed by atoms with van der Waals surface area (Å²) in [6.07, 6.45) is 14.7. The van der Waals surface area contributed by atoms with Gasteiger partial charge in [0.1, 0.15) is 0 Å². The van der Waals surface area contributed by atoms with Crippen molar-refractivity contribution in [2.45, 2.75) is 63.8 Å². The number of nitrogens with two attached hydrogens (primary N) is 1. The van der Waals surface area contributed by atoms with E-state index in [1.54, 1.807) is 0 Å². The molecule has 1 heteroatoms. The highest BCUT2D eigenvalue weighted by Crippen LogP contribution is 2.82. The lowest BCUT2D eigenvalue weighted by Gasteiger charge is -2.36. The van der Waals surface area contributed by atoms with E-state index in [1.165, 1.54) is 63.4 Å². The Morgan fingerprint density at radius 2 is 1.90 bits per heavy atom. The van der Waals surface area contributed by atoms with E-state index in [4.69, 9.17) is 5.73 Å². The standard InChI is InChI=1S/C19H29N/c1-3-6-15-11-18(15)9-4-5-10-19(18)12-16(19)13(2)17(20)14-7-8-14/h3,14-17H,1-2,4-12,20H2. The lowest BCUT2D eigenvalue weighted by Crippen LogP contribution is -2.31. The van der Waals surface area contributed by atoms with Gasteiger partial charge in [0.25, 0.3) is 0 Å². The van der Waals surface area contributed by atoms with Crippen LogP contribution in [0.25, 0.3) is 0 Å². The van der Waals surface area contributed by atoms with Crippen LogP contribution in [0.5, 0.6) is 0 Å². The van der Waals surface area contributed by atoms with Gasteiger partial charge in [-0.15, -0.1) is 6.58 Å². The highest BCUT2D eigenvalue weighted by molar-refractivity contribution is 5.33. The Morgan fingerprint density at radius 3 is 2.55 bits per heavy atom. The molecule has 0 aromatic carbocycles. The molecule has 0 heterocycles. The van der Waals surface area contributed by atoms with Crippen LogP contribution in [0.15, 0.2) is 24.8 Å². The van der Waals surface area contributed by atoms with Crippen molar-refractivity contribution in [1.29, 1.82) is 0 Å². The van der Waals surface area contributed by atoms with Gasteiger partial charge < -0.3 is 5.73 Å². The van der Waals surface area contributed by atoms with Crippen molar-refractivity contribution in [3.63, 3.8) is 0 Å². The van der Waals surface area contributed by atoms with Gasteiger partial charge in [0.15, 0.2) is 0 Å². The molecule has 4 saturated carbocycles. The average Bonchev–Trinajstić information content (AvgIpc) is 3.29. The highest BCUT2D eigenvalue weighted by atomic mass is 14.8. The van der Waals surface area contributed by atoms with E-state index in [-0.39, 0.29) is 0 Å². The molecule has 110 valence electrons. The number of hydrogen-bond acceptors (Lipinski definition) is 1. The van der Waals surface area contributed by atoms with Crippen molar-refractivity contribution in [3.8, 4) is 0 Å². The van der Waals surface area contributed by atoms with Gasteiger partial charge in [0.2, 0.25) is 0 Å². The molecule has 0 saturated heterocycles. The maximum Gasteiger partial charge on any atom is 0.0282 e. The van der Waals surface area contributed by atoms with Gasteiger partial charge in [0, 0.05) is 6.04 Å². The van der Waals surface area contributed by atoms with Crippen LogP contribution in [-0.2, 0) is 0 Å². The number of hydrogen-bond donors (Lipinski definition) is 1. The summed E-state index contributed by atoms with van der Waals surface area (Å²) in [5, 5.41) is 0. The van der Waals surface area contributed by atoms with Gasteiger partial charge in [-0.3, -0.25) is 0 Å². The Labute approximate surface area is 123 Å². The minimum absolute atomic E-state index is 0.301. The van der Waals surface area contributed by atoms with Crippen LogP contribution in [0, 0.1) is 28.6 Å². The molecule has 5 unspecified atom stereocenters. The lowest BCUT2D eigenvalue weighted by atomic mass is 9.69. The molecule has 0 radical (unpaired) electrons. The summed E-state index contributed by atoms with van der Waals surface area (Å²) in [7, 11) is 0. The van der Waals surface area contributed by atoms with Crippen molar-refractivity contribution in [1.82, 2.24) is 0 Å². The van der Waals surface area contributed by atoms with Gasteiger partial charge in [-0.2, -0.15) is 0 Å². The monoisotopic (exact) mass is 271 g/mol. The van der Waals surface area contributed by atoms with Gasteiger partial charge in [-0.1, -0.05) is 31.1 Å². The first-order valence-corrected chi connectivity index (χ1v) is 8.70. The van der Waals surface area contributed by atoms with Gasteiger partial charge in [-0.05, 0) is 73.5 Å². The first-order chi connectivity index (χ1) is 9.64. The summed E-state index contributed by atoms with van der Waals surface area (Å²) in [6.45, 7) is 8.41. The number of fused-ring (bicyclic) bond motifs is 1. The van der Waals surface area contributed by atoms with E-state index < -0.39 is 0 Å². The van der Waals surface area contributed by atoms with Crippen molar-refractivity contribution in [3.05, 3.63) is 24.8 Å². The molecule has 4 rings (SSSR count). The van der Waals surface area contributed by atoms with Crippen molar-refractivity contribution >= 4 is 0 Å². The average molecular weight is 271 g/mol. The Hall–Kier alpha value is -0.560. The molecule has 0 amide bonds. The molecule has 20 heavy (non-hydrogen) atoms. The van der Waals surface area contributed by atoms with Gasteiger partial charge in [0.05, 0.1) is 0 Å². The normalized spacial score (nSPS) is 47.2. The van der Waals surface area contributed by atoms with Crippen LogP contribution in [0.4, 0.5) is 0 Å². The maximum absolute atomic E-state index is 6.44. The minimum Gasteiger partial charge on any atom is -0.324 e. The first kappa shape index (κ1) is 13.1. The zero-order valence-electron chi connectivity index (χ0n) is 12.7. The Kier molecular flexibility index (Phi) is 2.77. The first-order valence-electron chi connectivity index (χ1n) is 8.70. The molecule has 0 aromatic rings. The molecule has 2 spiro atoms. The molecular weight excluding hydrogens is 242 g/mol. The van der Waals surface area contributed by atoms with E-state index in [0.717, 1.165) is 17.8 Å². The fourth-order valence-electron chi connectivity index (χ4n) is 5.79. The largest absolute Gasteiger partial charge is 0.324 e. The zero-order chi connectivity index (χ0) is 14.0. The fourth-order valence-corrected chi connectivity index (χ4v) is 5.79. The van der Waals surface area contributed by atoms with Crippen molar-refractivity contribution < 1.29 is 0 Å². The Morgan fingerprint density at radius 1 is 1.20 bits per heavy atom. The second-order valence-corrected chi connectivity index (χ2v) is 8.14. The van der Waals surface area contributed by atoms with E-state index in [1.807, 2.05) is 0 Å². The van der Waals surface area contributed by atoms with Crippen LogP contribution >= 0.6 is 0 Å². The maximum atomic E-state index is 6.44. The third-order valence-corrected chi connectivity index (χ3v) is 7.25. The molecule has 2 N–H and O–H groups in total. The third kappa shape index (κ3) is 1.65. The van der Waals surface area contributed by atoms with E-state index >= 15 is 0 Å². The third-order valence-electron chi connectivity index (χ3n) is 7.25. The van der Waals surface area contributed by atoms with E-state index in [2.05, 4.69) is 19.2 Å². The number of rotatable bonds is 5. The quantitative estimate of drug-likeness (QED) is 0.735. The summed E-state index contributed by atoms with van der Waals surface area (Å²) in [5.41, 5.74) is 9.13. The summed E-state index contributed by atoms with van der Waals surface area (Å²) in [4.78, 5) is 0. The van der Waals surface area contributed by atoms with Crippen LogP contribution < -0.4 is 5.73 Å². The van der Waals surface area contributed by atoms with Crippen LogP contribution in [0.1, 0.15) is 57.8 Å². The summed E-state index contributed by atoms with van der Waals surface area (Å²) in [6, 6.07) is 0.301. The fraction of sp³-hybridized carbons (Fsp3) is 0.789. The number of allylic oxidation sites excluding steroid dienone is 1. The minimum atomic E-state index is 0.301. The van der Waals surface area contributed by atoms with Crippen molar-refractivity contribution in [2.24, 2.45) is 34.3 Å². The molecule has 5 atom stereocenters. The van der Waals surface area contributed by atoms with E-state index in [9.17, 15) is 0 Å². The Balaban J connectivity index is 1.52. The molecule has 4 fully saturated rings. The van der Waals surface area contributed by atoms with Gasteiger partial charge >= 0.3 is 0 Å². The molecule has 4 aliphatic rings. The van der Waals surface area contributed by atoms with Crippen molar-refractivity contribution in [2.75, 3.05) is 0 Å². The smallest absolute Gasteiger partial charge is 0.0282 e. The van der Waals surface area contributed by atoms with Crippen LogP contribution in [-0.4, -0.2) is 6.04 Å². The molecule has 4 aliphatic carbocycles. The topological polar surface area (TPSA) is 26.0 Å². The van der Waals surface area contributed by atoms with E-state index in [0.29, 0.717) is 16.9 Å². The zero-order valence-corrected chi connectivity index (χ0v) is 12.7. The summed E-state index contributed by atoms with van der Waals surface area (Å²) in [5.74, 6) is 2.45. The molecule has 1 nitrogen and oxygen atoms in total.